The van der Waals surface area contributed by atoms with E-state index in [0.717, 1.165) is 32.5 Å². The quantitative estimate of drug-likeness (QED) is 0.784. The molecular formula is C10H15NOS. The first-order chi connectivity index (χ1) is 6.29. The fraction of sp³-hybridized carbons (Fsp3) is 0.600. The van der Waals surface area contributed by atoms with Crippen molar-refractivity contribution in [3.63, 3.8) is 0 Å². The zero-order valence-electron chi connectivity index (χ0n) is 7.66. The molecule has 2 heterocycles. The number of hydrogen-bond acceptors (Lipinski definition) is 3. The summed E-state index contributed by atoms with van der Waals surface area (Å²) in [5.74, 6) is 0. The molecule has 0 atom stereocenters. The van der Waals surface area contributed by atoms with Crippen LogP contribution >= 0.6 is 11.3 Å². The molecule has 1 aromatic rings. The van der Waals surface area contributed by atoms with Crippen molar-refractivity contribution in [1.29, 1.82) is 0 Å². The van der Waals surface area contributed by atoms with Crippen LogP contribution in [0.1, 0.15) is 18.4 Å². The van der Waals surface area contributed by atoms with Crippen molar-refractivity contribution in [3.8, 4) is 0 Å². The van der Waals surface area contributed by atoms with Gasteiger partial charge in [0.15, 0.2) is 0 Å². The Bertz CT molecular complexity index is 252. The minimum absolute atomic E-state index is 0.0146. The molecule has 2 nitrogen and oxygen atoms in total. The Balaban J connectivity index is 1.99. The number of ether oxygens (including phenoxy) is 1. The average molecular weight is 197 g/mol. The molecule has 0 saturated carbocycles. The van der Waals surface area contributed by atoms with E-state index in [2.05, 4.69) is 16.8 Å². The first-order valence-electron chi connectivity index (χ1n) is 4.66. The van der Waals surface area contributed by atoms with Crippen molar-refractivity contribution in [2.75, 3.05) is 13.2 Å². The Morgan fingerprint density at radius 2 is 2.23 bits per heavy atom. The van der Waals surface area contributed by atoms with Gasteiger partial charge in [-0.1, -0.05) is 0 Å². The predicted molar refractivity (Wildman–Crippen MR) is 55.0 cm³/mol. The Morgan fingerprint density at radius 1 is 1.46 bits per heavy atom. The van der Waals surface area contributed by atoms with Crippen LogP contribution in [0.2, 0.25) is 0 Å². The van der Waals surface area contributed by atoms with Gasteiger partial charge in [-0.15, -0.1) is 0 Å². The van der Waals surface area contributed by atoms with E-state index in [1.165, 1.54) is 5.56 Å². The van der Waals surface area contributed by atoms with Gasteiger partial charge in [-0.25, -0.2) is 0 Å². The van der Waals surface area contributed by atoms with Gasteiger partial charge in [0.25, 0.3) is 0 Å². The molecule has 2 rings (SSSR count). The molecule has 1 aliphatic rings. The molecule has 2 N–H and O–H groups in total. The monoisotopic (exact) mass is 197 g/mol. The van der Waals surface area contributed by atoms with Gasteiger partial charge >= 0.3 is 0 Å². The van der Waals surface area contributed by atoms with Crippen LogP contribution in [0.15, 0.2) is 16.8 Å². The van der Waals surface area contributed by atoms with E-state index in [1.54, 1.807) is 11.3 Å². The zero-order chi connectivity index (χ0) is 9.15. The summed E-state index contributed by atoms with van der Waals surface area (Å²) in [4.78, 5) is 0. The molecule has 0 aliphatic carbocycles. The van der Waals surface area contributed by atoms with Crippen molar-refractivity contribution in [2.45, 2.75) is 24.8 Å². The Labute approximate surface area is 82.7 Å². The van der Waals surface area contributed by atoms with Crippen molar-refractivity contribution < 1.29 is 4.74 Å². The third-order valence-corrected chi connectivity index (χ3v) is 3.36. The summed E-state index contributed by atoms with van der Waals surface area (Å²) in [6.45, 7) is 1.64. The number of nitrogens with two attached hydrogens (primary N) is 1. The van der Waals surface area contributed by atoms with E-state index in [0.29, 0.717) is 0 Å². The van der Waals surface area contributed by atoms with Crippen LogP contribution in [0.3, 0.4) is 0 Å². The van der Waals surface area contributed by atoms with E-state index >= 15 is 0 Å². The van der Waals surface area contributed by atoms with Gasteiger partial charge in [0.2, 0.25) is 0 Å². The number of rotatable bonds is 2. The summed E-state index contributed by atoms with van der Waals surface area (Å²) in [5.41, 5.74) is 7.63. The van der Waals surface area contributed by atoms with Gasteiger partial charge in [-0.05, 0) is 41.7 Å². The highest BCUT2D eigenvalue weighted by Crippen LogP contribution is 2.23. The first kappa shape index (κ1) is 9.19. The second kappa shape index (κ2) is 3.78. The van der Waals surface area contributed by atoms with E-state index in [1.807, 2.05) is 0 Å². The highest BCUT2D eigenvalue weighted by molar-refractivity contribution is 7.07. The molecule has 3 heteroatoms. The highest BCUT2D eigenvalue weighted by atomic mass is 32.1. The van der Waals surface area contributed by atoms with Gasteiger partial charge < -0.3 is 10.5 Å². The van der Waals surface area contributed by atoms with Gasteiger partial charge in [0.05, 0.1) is 0 Å². The van der Waals surface area contributed by atoms with Crippen molar-refractivity contribution in [1.82, 2.24) is 0 Å². The van der Waals surface area contributed by atoms with Gasteiger partial charge in [0.1, 0.15) is 0 Å². The van der Waals surface area contributed by atoms with Crippen molar-refractivity contribution >= 4 is 11.3 Å². The largest absolute Gasteiger partial charge is 0.381 e. The van der Waals surface area contributed by atoms with Crippen molar-refractivity contribution in [3.05, 3.63) is 22.4 Å². The third-order valence-electron chi connectivity index (χ3n) is 2.62. The molecule has 1 aliphatic heterocycles. The molecule has 13 heavy (non-hydrogen) atoms. The van der Waals surface area contributed by atoms with Crippen LogP contribution in [0.25, 0.3) is 0 Å². The molecule has 0 unspecified atom stereocenters. The summed E-state index contributed by atoms with van der Waals surface area (Å²) in [7, 11) is 0. The Hall–Kier alpha value is -0.380. The lowest BCUT2D eigenvalue weighted by Crippen LogP contribution is -2.46. The van der Waals surface area contributed by atoms with Crippen LogP contribution in [-0.4, -0.2) is 18.8 Å². The number of thiophene rings is 1. The van der Waals surface area contributed by atoms with Crippen LogP contribution in [0, 0.1) is 0 Å². The second-order valence-electron chi connectivity index (χ2n) is 3.78. The molecular weight excluding hydrogens is 182 g/mol. The van der Waals surface area contributed by atoms with E-state index in [4.69, 9.17) is 10.5 Å². The van der Waals surface area contributed by atoms with E-state index in [9.17, 15) is 0 Å². The summed E-state index contributed by atoms with van der Waals surface area (Å²) in [6, 6.07) is 2.16. The summed E-state index contributed by atoms with van der Waals surface area (Å²) in [5, 5.41) is 4.29. The zero-order valence-corrected chi connectivity index (χ0v) is 8.48. The maximum Gasteiger partial charge on any atom is 0.0483 e. The van der Waals surface area contributed by atoms with Crippen LogP contribution in [-0.2, 0) is 11.2 Å². The molecule has 72 valence electrons. The van der Waals surface area contributed by atoms with Crippen LogP contribution in [0.4, 0.5) is 0 Å². The minimum atomic E-state index is -0.0146. The highest BCUT2D eigenvalue weighted by Gasteiger charge is 2.27. The summed E-state index contributed by atoms with van der Waals surface area (Å²) in [6.07, 6.45) is 2.98. The molecule has 0 aromatic carbocycles. The molecule has 0 radical (unpaired) electrons. The maximum absolute atomic E-state index is 6.27. The van der Waals surface area contributed by atoms with E-state index < -0.39 is 0 Å². The molecule has 0 amide bonds. The fourth-order valence-electron chi connectivity index (χ4n) is 1.75. The lowest BCUT2D eigenvalue weighted by Gasteiger charge is -2.33. The predicted octanol–water partition coefficient (Wildman–Crippen LogP) is 1.80. The third kappa shape index (κ3) is 2.30. The van der Waals surface area contributed by atoms with Gasteiger partial charge in [0, 0.05) is 18.8 Å². The number of hydrogen-bond donors (Lipinski definition) is 1. The molecule has 0 bridgehead atoms. The average Bonchev–Trinajstić information content (AvgIpc) is 2.57. The van der Waals surface area contributed by atoms with Crippen LogP contribution < -0.4 is 5.73 Å². The van der Waals surface area contributed by atoms with Crippen molar-refractivity contribution in [2.24, 2.45) is 5.73 Å². The molecule has 1 aromatic heterocycles. The lowest BCUT2D eigenvalue weighted by molar-refractivity contribution is 0.0534. The van der Waals surface area contributed by atoms with Gasteiger partial charge in [-0.3, -0.25) is 0 Å². The molecule has 1 saturated heterocycles. The Morgan fingerprint density at radius 3 is 2.85 bits per heavy atom. The SMILES string of the molecule is NC1(Cc2ccsc2)CCOCC1. The summed E-state index contributed by atoms with van der Waals surface area (Å²) >= 11 is 1.74. The van der Waals surface area contributed by atoms with Crippen LogP contribution in [0.5, 0.6) is 0 Å². The Kier molecular flexibility index (Phi) is 2.67. The van der Waals surface area contributed by atoms with E-state index in [-0.39, 0.29) is 5.54 Å². The normalized spacial score (nSPS) is 21.6. The standard InChI is InChI=1S/C10H15NOS/c11-10(2-4-12-5-3-10)7-9-1-6-13-8-9/h1,6,8H,2-5,7,11H2. The smallest absolute Gasteiger partial charge is 0.0483 e. The molecule has 0 spiro atoms. The fourth-order valence-corrected chi connectivity index (χ4v) is 2.42. The minimum Gasteiger partial charge on any atom is -0.381 e. The topological polar surface area (TPSA) is 35.2 Å². The van der Waals surface area contributed by atoms with Gasteiger partial charge in [-0.2, -0.15) is 11.3 Å². The molecule has 1 fully saturated rings. The second-order valence-corrected chi connectivity index (χ2v) is 4.56. The maximum atomic E-state index is 6.27. The summed E-state index contributed by atoms with van der Waals surface area (Å²) < 4.78 is 5.31. The first-order valence-corrected chi connectivity index (χ1v) is 5.61. The lowest BCUT2D eigenvalue weighted by atomic mass is 9.86.